The number of carbonyl (C=O) groups is 7. The van der Waals surface area contributed by atoms with Crippen LogP contribution < -0.4 is 26.0 Å². The average Bonchev–Trinajstić information content (AvgIpc) is 3.70. The van der Waals surface area contributed by atoms with Crippen LogP contribution >= 0.6 is 58.0 Å². The van der Waals surface area contributed by atoms with E-state index in [4.69, 9.17) is 67.8 Å². The Hall–Kier alpha value is -6.52. The molecule has 3 saturated heterocycles. The Kier molecular flexibility index (Phi) is 32.3. The van der Waals surface area contributed by atoms with Crippen LogP contribution in [0.3, 0.4) is 0 Å². The van der Waals surface area contributed by atoms with Gasteiger partial charge in [-0.1, -0.05) is 102 Å². The second kappa shape index (κ2) is 38.6. The number of piperazine rings is 3. The molecule has 5 aromatic carbocycles. The number of halogens is 5. The van der Waals surface area contributed by atoms with Gasteiger partial charge in [0.25, 0.3) is 5.91 Å². The quantitative estimate of drug-likeness (QED) is 0.0377. The number of carbonyl (C=O) groups excluding carboxylic acids is 7. The first-order valence-corrected chi connectivity index (χ1v) is 30.2. The van der Waals surface area contributed by atoms with Crippen molar-refractivity contribution in [3.05, 3.63) is 147 Å². The zero-order chi connectivity index (χ0) is 63.1. The Morgan fingerprint density at radius 1 is 0.453 bits per heavy atom. The first-order chi connectivity index (χ1) is 41.1. The third-order valence-corrected chi connectivity index (χ3v) is 14.9. The molecule has 19 nitrogen and oxygen atoms in total. The van der Waals surface area contributed by atoms with E-state index >= 15 is 0 Å². The smallest absolute Gasteiger partial charge is 0.328 e. The summed E-state index contributed by atoms with van der Waals surface area (Å²) in [5.74, 6) is -1.65. The van der Waals surface area contributed by atoms with Gasteiger partial charge in [-0.05, 0) is 99.2 Å². The number of phenolic OH excluding ortho intramolecular Hbond substituents is 1. The monoisotopic (exact) mass is 1280 g/mol. The molecular weight excluding hydrogens is 1210 g/mol. The van der Waals surface area contributed by atoms with Gasteiger partial charge in [-0.25, -0.2) is 0 Å². The fraction of sp³-hybridized carbons (Fsp3) is 0.403. The molecule has 5 N–H and O–H groups in total. The van der Waals surface area contributed by atoms with Gasteiger partial charge in [-0.3, -0.25) is 48.3 Å². The number of rotatable bonds is 15. The molecule has 0 aliphatic carbocycles. The molecule has 0 unspecified atom stereocenters. The van der Waals surface area contributed by atoms with E-state index in [-0.39, 0.29) is 59.5 Å². The molecule has 3 aliphatic heterocycles. The van der Waals surface area contributed by atoms with Crippen molar-refractivity contribution < 1.29 is 48.1 Å². The van der Waals surface area contributed by atoms with Gasteiger partial charge in [0.2, 0.25) is 23.6 Å². The lowest BCUT2D eigenvalue weighted by molar-refractivity contribution is -0.156. The number of amides is 5. The number of benzene rings is 5. The van der Waals surface area contributed by atoms with Crippen LogP contribution in [-0.2, 0) is 38.3 Å². The molecule has 5 aromatic rings. The van der Waals surface area contributed by atoms with Gasteiger partial charge in [0, 0.05) is 95.6 Å². The lowest BCUT2D eigenvalue weighted by atomic mass is 10.1. The number of para-hydroxylation sites is 5. The minimum atomic E-state index is -0.776. The van der Waals surface area contributed by atoms with Gasteiger partial charge >= 0.3 is 11.9 Å². The van der Waals surface area contributed by atoms with Gasteiger partial charge < -0.3 is 45.6 Å². The maximum atomic E-state index is 12.4. The van der Waals surface area contributed by atoms with Crippen LogP contribution in [-0.4, -0.2) is 193 Å². The van der Waals surface area contributed by atoms with Gasteiger partial charge in [0.15, 0.2) is 6.61 Å². The van der Waals surface area contributed by atoms with Crippen molar-refractivity contribution in [1.29, 1.82) is 0 Å². The molecule has 0 radical (unpaired) electrons. The van der Waals surface area contributed by atoms with Gasteiger partial charge in [0.05, 0.1) is 29.7 Å². The minimum absolute atomic E-state index is 0.0190. The maximum absolute atomic E-state index is 12.4. The topological polar surface area (TPSA) is 222 Å². The van der Waals surface area contributed by atoms with E-state index in [1.54, 1.807) is 46.2 Å². The Balaban J connectivity index is 0.000000247. The van der Waals surface area contributed by atoms with E-state index in [2.05, 4.69) is 40.7 Å². The van der Waals surface area contributed by atoms with Crippen molar-refractivity contribution in [3.63, 3.8) is 0 Å². The maximum Gasteiger partial charge on any atom is 0.328 e. The lowest BCUT2D eigenvalue weighted by Crippen LogP contribution is -2.51. The van der Waals surface area contributed by atoms with Crippen molar-refractivity contribution in [2.24, 2.45) is 0 Å². The van der Waals surface area contributed by atoms with E-state index < -0.39 is 11.9 Å². The number of alkyl halides is 3. The number of ether oxygens (including phenoxy) is 2. The van der Waals surface area contributed by atoms with Crippen LogP contribution in [0.1, 0.15) is 33.4 Å². The summed E-state index contributed by atoms with van der Waals surface area (Å²) in [6, 6.07) is 31.7. The summed E-state index contributed by atoms with van der Waals surface area (Å²) in [5, 5.41) is 22.0. The Labute approximate surface area is 529 Å². The largest absolute Gasteiger partial charge is 0.506 e. The summed E-state index contributed by atoms with van der Waals surface area (Å²) >= 11 is 27.0. The number of aryl methyl sites for hydroxylation is 6. The van der Waals surface area contributed by atoms with Crippen LogP contribution in [0.25, 0.3) is 0 Å². The second-order valence-electron chi connectivity index (χ2n) is 20.2. The van der Waals surface area contributed by atoms with E-state index in [0.717, 1.165) is 76.6 Å². The van der Waals surface area contributed by atoms with Crippen molar-refractivity contribution in [1.82, 2.24) is 29.8 Å². The van der Waals surface area contributed by atoms with Crippen LogP contribution in [0.4, 0.5) is 17.1 Å². The number of phenols is 1. The van der Waals surface area contributed by atoms with Crippen molar-refractivity contribution >= 4 is 117 Å². The molecule has 0 atom stereocenters. The third kappa shape index (κ3) is 25.8. The minimum Gasteiger partial charge on any atom is -0.506 e. The third-order valence-electron chi connectivity index (χ3n) is 13.6. The number of nitrogens with zero attached hydrogens (tertiary/aromatic N) is 5. The fourth-order valence-corrected chi connectivity index (χ4v) is 9.48. The normalized spacial score (nSPS) is 14.1. The number of nitrogens with one attached hydrogen (secondary N) is 4. The summed E-state index contributed by atoms with van der Waals surface area (Å²) in [4.78, 5) is 90.6. The van der Waals surface area contributed by atoms with Crippen LogP contribution in [0, 0.1) is 41.5 Å². The highest BCUT2D eigenvalue weighted by molar-refractivity contribution is 6.32. The predicted molar refractivity (Wildman–Crippen MR) is 342 cm³/mol. The average molecular weight is 1290 g/mol. The Morgan fingerprint density at radius 2 is 0.802 bits per heavy atom. The van der Waals surface area contributed by atoms with E-state index in [1.807, 2.05) is 108 Å². The number of anilines is 3. The molecule has 8 rings (SSSR count). The molecule has 466 valence electrons. The molecule has 0 aromatic heterocycles. The van der Waals surface area contributed by atoms with Gasteiger partial charge in [0.1, 0.15) is 29.1 Å². The number of hydrogen-bond acceptors (Lipinski definition) is 14. The zero-order valence-corrected chi connectivity index (χ0v) is 53.3. The Morgan fingerprint density at radius 3 is 1.14 bits per heavy atom. The zero-order valence-electron chi connectivity index (χ0n) is 49.5. The highest BCUT2D eigenvalue weighted by atomic mass is 35.5. The summed E-state index contributed by atoms with van der Waals surface area (Å²) in [6.45, 7) is 22.0. The Bertz CT molecular complexity index is 2930. The van der Waals surface area contributed by atoms with Crippen LogP contribution in [0.15, 0.2) is 103 Å². The second-order valence-corrected chi connectivity index (χ2v) is 21.8. The molecule has 5 amide bonds. The summed E-state index contributed by atoms with van der Waals surface area (Å²) in [7, 11) is 0. The molecule has 0 saturated carbocycles. The van der Waals surface area contributed by atoms with Crippen LogP contribution in [0.5, 0.6) is 11.5 Å². The summed E-state index contributed by atoms with van der Waals surface area (Å²) in [6.07, 6.45) is 0. The molecule has 24 heteroatoms. The highest BCUT2D eigenvalue weighted by Gasteiger charge is 2.25. The van der Waals surface area contributed by atoms with Crippen molar-refractivity contribution in [3.8, 4) is 11.5 Å². The molecule has 3 aliphatic rings. The molecular formula is C62H78Cl5N9O10. The summed E-state index contributed by atoms with van der Waals surface area (Å²) in [5.41, 5.74) is 9.17. The van der Waals surface area contributed by atoms with E-state index in [0.29, 0.717) is 87.8 Å². The highest BCUT2D eigenvalue weighted by Crippen LogP contribution is 2.25. The molecule has 0 spiro atoms. The first kappa shape index (κ1) is 72.0. The molecule has 86 heavy (non-hydrogen) atoms. The summed E-state index contributed by atoms with van der Waals surface area (Å²) < 4.78 is 9.54. The fourth-order valence-electron chi connectivity index (χ4n) is 8.87. The van der Waals surface area contributed by atoms with Gasteiger partial charge in [-0.2, -0.15) is 0 Å². The number of hydrogen-bond donors (Lipinski definition) is 5. The first-order valence-electron chi connectivity index (χ1n) is 27.9. The lowest BCUT2D eigenvalue weighted by Gasteiger charge is -2.34. The molecule has 0 bridgehead atoms. The van der Waals surface area contributed by atoms with Crippen molar-refractivity contribution in [2.75, 3.05) is 138 Å². The molecule has 3 heterocycles. The van der Waals surface area contributed by atoms with Crippen LogP contribution in [0.2, 0.25) is 10.0 Å². The molecule has 3 fully saturated rings. The van der Waals surface area contributed by atoms with Gasteiger partial charge in [-0.15, -0.1) is 34.8 Å². The standard InChI is InChI=1S/C22H26ClN3O3.C16H22ClN3O2.C14H21N3O.C6H5ClO.C4H4Cl2O3/c1-16-6-5-7-17(2)22(16)24-20(27)14-25-10-12-26(13-11-25)21(28)15-29-19-9-4-3-8-18(19)23;1-12-4-3-5-13(2)16(12)18-14(21)11-19-6-8-20(9-7-19)15(22)10-17;1-11-4-3-5-12(2)14(11)16-13(18)10-17-8-6-15-7-9-17;7-5-3-1-2-4-6(5)8;5-1-3(7)9-4(8)2-6/h3-9H,10-15H2,1-2H3,(H,24,27);3-5H,6-11H2,1-2H3,(H,18,21);3-5,15H,6-10H2,1-2H3,(H,16,18);1-4,8H;1-2H2. The SMILES string of the molecule is Cc1cccc(C)c1NC(=O)CN1CCN(C(=O)CCl)CC1.Cc1cccc(C)c1NC(=O)CN1CCN(C(=O)COc2ccccc2Cl)CC1.Cc1cccc(C)c1NC(=O)CN1CCNCC1.O=C(CCl)OC(=O)CCl.Oc1ccccc1Cl. The number of aromatic hydroxyl groups is 1. The number of esters is 2. The van der Waals surface area contributed by atoms with E-state index in [9.17, 15) is 33.6 Å². The predicted octanol–water partition coefficient (Wildman–Crippen LogP) is 8.47. The van der Waals surface area contributed by atoms with Crippen molar-refractivity contribution in [2.45, 2.75) is 41.5 Å². The van der Waals surface area contributed by atoms with E-state index in [1.165, 1.54) is 0 Å².